The summed E-state index contributed by atoms with van der Waals surface area (Å²) in [5.41, 5.74) is 0.356. The summed E-state index contributed by atoms with van der Waals surface area (Å²) in [5, 5.41) is 12.8. The Hall–Kier alpha value is -3.59. The summed E-state index contributed by atoms with van der Waals surface area (Å²) in [6, 6.07) is 10.2. The van der Waals surface area contributed by atoms with Crippen LogP contribution in [0.25, 0.3) is 0 Å². The van der Waals surface area contributed by atoms with Crippen molar-refractivity contribution in [1.82, 2.24) is 4.98 Å². The Bertz CT molecular complexity index is 1050. The van der Waals surface area contributed by atoms with Gasteiger partial charge in [0.1, 0.15) is 11.5 Å². The molecule has 0 fully saturated rings. The maximum absolute atomic E-state index is 12.6. The molecule has 0 N–H and O–H groups in total. The van der Waals surface area contributed by atoms with Gasteiger partial charge in [0.15, 0.2) is 5.13 Å². The number of rotatable bonds is 4. The molecule has 2 aromatic carbocycles. The predicted molar refractivity (Wildman–Crippen MR) is 92.9 cm³/mol. The molecule has 1 aliphatic rings. The summed E-state index contributed by atoms with van der Waals surface area (Å²) in [6.07, 6.45) is 1.51. The zero-order chi connectivity index (χ0) is 18.3. The molecule has 0 radical (unpaired) electrons. The lowest BCUT2D eigenvalue weighted by atomic mass is 10.1. The average molecular weight is 367 g/mol. The number of hydrogen-bond donors (Lipinski definition) is 0. The fourth-order valence-electron chi connectivity index (χ4n) is 2.58. The quantitative estimate of drug-likeness (QED) is 0.396. The van der Waals surface area contributed by atoms with Crippen LogP contribution in [0.1, 0.15) is 20.7 Å². The van der Waals surface area contributed by atoms with Crippen molar-refractivity contribution >= 4 is 34.0 Å². The second-order valence-corrected chi connectivity index (χ2v) is 6.20. The van der Waals surface area contributed by atoms with Gasteiger partial charge in [-0.15, -0.1) is 11.3 Å². The molecule has 0 saturated carbocycles. The van der Waals surface area contributed by atoms with Gasteiger partial charge in [0, 0.05) is 17.6 Å². The Balaban J connectivity index is 1.65. The Morgan fingerprint density at radius 1 is 1.04 bits per heavy atom. The van der Waals surface area contributed by atoms with Gasteiger partial charge in [-0.1, -0.05) is 6.07 Å². The highest BCUT2D eigenvalue weighted by Gasteiger charge is 2.38. The van der Waals surface area contributed by atoms with E-state index in [1.54, 1.807) is 11.4 Å². The lowest BCUT2D eigenvalue weighted by molar-refractivity contribution is -0.384. The molecule has 26 heavy (non-hydrogen) atoms. The Labute approximate surface area is 150 Å². The van der Waals surface area contributed by atoms with E-state index in [1.165, 1.54) is 53.9 Å². The van der Waals surface area contributed by atoms with E-state index in [4.69, 9.17) is 4.74 Å². The van der Waals surface area contributed by atoms with Crippen molar-refractivity contribution in [2.45, 2.75) is 0 Å². The van der Waals surface area contributed by atoms with Gasteiger partial charge in [0.25, 0.3) is 17.5 Å². The molecule has 128 valence electrons. The number of anilines is 1. The standard InChI is InChI=1S/C17H9N3O5S/c21-15-13-5-4-12(25-11-3-1-2-10(8-11)20(23)24)9-14(13)16(22)19(15)17-18-6-7-26-17/h1-9H. The highest BCUT2D eigenvalue weighted by atomic mass is 32.1. The summed E-state index contributed by atoms with van der Waals surface area (Å²) in [4.78, 5) is 40.4. The molecule has 1 aromatic heterocycles. The van der Waals surface area contributed by atoms with Crippen LogP contribution in [0.4, 0.5) is 10.8 Å². The predicted octanol–water partition coefficient (Wildman–Crippen LogP) is 3.64. The van der Waals surface area contributed by atoms with Crippen molar-refractivity contribution in [2.75, 3.05) is 4.90 Å². The third-order valence-corrected chi connectivity index (χ3v) is 4.49. The van der Waals surface area contributed by atoms with E-state index in [0.717, 1.165) is 4.90 Å². The number of carbonyl (C=O) groups is 2. The topological polar surface area (TPSA) is 103 Å². The van der Waals surface area contributed by atoms with Crippen molar-refractivity contribution in [3.63, 3.8) is 0 Å². The summed E-state index contributed by atoms with van der Waals surface area (Å²) in [7, 11) is 0. The molecule has 0 aliphatic carbocycles. The maximum Gasteiger partial charge on any atom is 0.273 e. The van der Waals surface area contributed by atoms with Gasteiger partial charge in [-0.05, 0) is 24.3 Å². The summed E-state index contributed by atoms with van der Waals surface area (Å²) in [5.74, 6) is -0.370. The number of thiazole rings is 1. The van der Waals surface area contributed by atoms with Crippen molar-refractivity contribution in [3.05, 3.63) is 75.3 Å². The third kappa shape index (κ3) is 2.60. The largest absolute Gasteiger partial charge is 0.457 e. The van der Waals surface area contributed by atoms with Crippen LogP contribution in [-0.4, -0.2) is 21.7 Å². The van der Waals surface area contributed by atoms with Crippen molar-refractivity contribution in [2.24, 2.45) is 0 Å². The maximum atomic E-state index is 12.6. The molecular weight excluding hydrogens is 358 g/mol. The Kier molecular flexibility index (Phi) is 3.70. The first-order valence-electron chi connectivity index (χ1n) is 7.39. The first-order valence-corrected chi connectivity index (χ1v) is 8.27. The van der Waals surface area contributed by atoms with Crippen LogP contribution in [0.15, 0.2) is 54.0 Å². The molecule has 0 unspecified atom stereocenters. The summed E-state index contributed by atoms with van der Waals surface area (Å²) >= 11 is 1.19. The number of nitro benzene ring substituents is 1. The van der Waals surface area contributed by atoms with E-state index in [-0.39, 0.29) is 22.6 Å². The number of benzene rings is 2. The lowest BCUT2D eigenvalue weighted by Crippen LogP contribution is -2.29. The second-order valence-electron chi connectivity index (χ2n) is 5.32. The highest BCUT2D eigenvalue weighted by Crippen LogP contribution is 2.33. The number of nitrogens with zero attached hydrogens (tertiary/aromatic N) is 3. The minimum absolute atomic E-state index is 0.107. The van der Waals surface area contributed by atoms with E-state index in [9.17, 15) is 19.7 Å². The summed E-state index contributed by atoms with van der Waals surface area (Å²) < 4.78 is 5.60. The lowest BCUT2D eigenvalue weighted by Gasteiger charge is -2.08. The van der Waals surface area contributed by atoms with Gasteiger partial charge >= 0.3 is 0 Å². The van der Waals surface area contributed by atoms with Gasteiger partial charge in [-0.25, -0.2) is 9.88 Å². The van der Waals surface area contributed by atoms with E-state index < -0.39 is 16.7 Å². The Morgan fingerprint density at radius 2 is 1.81 bits per heavy atom. The molecule has 4 rings (SSSR count). The fourth-order valence-corrected chi connectivity index (χ4v) is 3.22. The van der Waals surface area contributed by atoms with Gasteiger partial charge in [0.05, 0.1) is 22.1 Å². The van der Waals surface area contributed by atoms with E-state index in [0.29, 0.717) is 10.9 Å². The molecule has 9 heteroatoms. The van der Waals surface area contributed by atoms with Crippen LogP contribution in [0.2, 0.25) is 0 Å². The van der Waals surface area contributed by atoms with Crippen LogP contribution in [0.5, 0.6) is 11.5 Å². The normalized spacial score (nSPS) is 13.0. The van der Waals surface area contributed by atoms with E-state index in [2.05, 4.69) is 4.98 Å². The number of non-ortho nitro benzene ring substituents is 1. The van der Waals surface area contributed by atoms with E-state index in [1.807, 2.05) is 0 Å². The molecule has 0 saturated heterocycles. The molecule has 8 nitrogen and oxygen atoms in total. The molecule has 3 aromatic rings. The van der Waals surface area contributed by atoms with E-state index >= 15 is 0 Å². The van der Waals surface area contributed by atoms with Crippen molar-refractivity contribution in [3.8, 4) is 11.5 Å². The number of nitro groups is 1. The first-order chi connectivity index (χ1) is 12.5. The fraction of sp³-hybridized carbons (Fsp3) is 0. The van der Waals surface area contributed by atoms with Crippen LogP contribution in [0.3, 0.4) is 0 Å². The third-order valence-electron chi connectivity index (χ3n) is 3.73. The van der Waals surface area contributed by atoms with Crippen molar-refractivity contribution < 1.29 is 19.2 Å². The SMILES string of the molecule is O=C1c2ccc(Oc3cccc([N+](=O)[O-])c3)cc2C(=O)N1c1nccs1. The van der Waals surface area contributed by atoms with Crippen LogP contribution < -0.4 is 9.64 Å². The molecule has 1 aliphatic heterocycles. The minimum atomic E-state index is -0.524. The number of ether oxygens (including phenoxy) is 1. The van der Waals surface area contributed by atoms with Crippen LogP contribution >= 0.6 is 11.3 Å². The molecule has 0 bridgehead atoms. The first kappa shape index (κ1) is 15.9. The zero-order valence-corrected chi connectivity index (χ0v) is 13.8. The smallest absolute Gasteiger partial charge is 0.273 e. The van der Waals surface area contributed by atoms with Gasteiger partial charge in [-0.3, -0.25) is 19.7 Å². The Morgan fingerprint density at radius 3 is 2.54 bits per heavy atom. The number of aromatic nitrogens is 1. The number of fused-ring (bicyclic) bond motifs is 1. The number of imide groups is 1. The second kappa shape index (κ2) is 6.05. The monoisotopic (exact) mass is 367 g/mol. The molecule has 2 amide bonds. The summed E-state index contributed by atoms with van der Waals surface area (Å²) in [6.45, 7) is 0. The molecular formula is C17H9N3O5S. The average Bonchev–Trinajstić information content (AvgIpc) is 3.23. The molecule has 0 atom stereocenters. The van der Waals surface area contributed by atoms with Crippen LogP contribution in [-0.2, 0) is 0 Å². The minimum Gasteiger partial charge on any atom is -0.457 e. The highest BCUT2D eigenvalue weighted by molar-refractivity contribution is 7.14. The van der Waals surface area contributed by atoms with Gasteiger partial charge < -0.3 is 4.74 Å². The zero-order valence-electron chi connectivity index (χ0n) is 13.0. The van der Waals surface area contributed by atoms with Crippen molar-refractivity contribution in [1.29, 1.82) is 0 Å². The van der Waals surface area contributed by atoms with Gasteiger partial charge in [-0.2, -0.15) is 0 Å². The van der Waals surface area contributed by atoms with Gasteiger partial charge in [0.2, 0.25) is 0 Å². The number of carbonyl (C=O) groups excluding carboxylic acids is 2. The van der Waals surface area contributed by atoms with Crippen LogP contribution in [0, 0.1) is 10.1 Å². The number of amides is 2. The number of hydrogen-bond acceptors (Lipinski definition) is 7. The molecule has 2 heterocycles. The molecule has 0 spiro atoms.